The van der Waals surface area contributed by atoms with E-state index >= 15 is 0 Å². The first-order valence-corrected chi connectivity index (χ1v) is 8.59. The summed E-state index contributed by atoms with van der Waals surface area (Å²) in [6.07, 6.45) is 3.60. The van der Waals surface area contributed by atoms with Crippen LogP contribution in [0, 0.1) is 6.92 Å². The van der Waals surface area contributed by atoms with Crippen LogP contribution in [0.3, 0.4) is 0 Å². The average molecular weight is 343 g/mol. The number of hydrogen-bond acceptors (Lipinski definition) is 3. The van der Waals surface area contributed by atoms with Gasteiger partial charge in [0.1, 0.15) is 6.04 Å². The van der Waals surface area contributed by atoms with Gasteiger partial charge in [0, 0.05) is 12.1 Å². The summed E-state index contributed by atoms with van der Waals surface area (Å²) in [5.41, 5.74) is 2.04. The monoisotopic (exact) mass is 343 g/mol. The van der Waals surface area contributed by atoms with E-state index < -0.39 is 17.9 Å². The van der Waals surface area contributed by atoms with Gasteiger partial charge in [-0.1, -0.05) is 44.2 Å². The van der Waals surface area contributed by atoms with Gasteiger partial charge in [-0.15, -0.1) is 0 Å². The van der Waals surface area contributed by atoms with E-state index in [4.69, 9.17) is 0 Å². The first kappa shape index (κ1) is 18.7. The number of carbonyl (C=O) groups excluding carboxylic acids is 1. The fourth-order valence-electron chi connectivity index (χ4n) is 2.93. The highest BCUT2D eigenvalue weighted by molar-refractivity contribution is 5.97. The van der Waals surface area contributed by atoms with Gasteiger partial charge in [-0.25, -0.2) is 4.79 Å². The van der Waals surface area contributed by atoms with Crippen LogP contribution < -0.4 is 5.32 Å². The Kier molecular flexibility index (Phi) is 6.33. The molecule has 2 N–H and O–H groups in total. The molecule has 0 fully saturated rings. The van der Waals surface area contributed by atoms with Gasteiger partial charge in [-0.2, -0.15) is 5.10 Å². The third-order valence-corrected chi connectivity index (χ3v) is 4.46. The molecule has 0 bridgehead atoms. The normalized spacial score (nSPS) is 12.2. The highest BCUT2D eigenvalue weighted by Gasteiger charge is 2.24. The van der Waals surface area contributed by atoms with Crippen LogP contribution in [0.2, 0.25) is 0 Å². The second-order valence-corrected chi connectivity index (χ2v) is 6.11. The summed E-state index contributed by atoms with van der Waals surface area (Å²) < 4.78 is 1.85. The first-order valence-electron chi connectivity index (χ1n) is 8.59. The standard InChI is InChI=1S/C19H25N3O3/c1-4-15(5-2)22-13(3)16(12-20-22)18(23)21-17(19(24)25)11-14-9-7-6-8-10-14/h6-10,12,15,17H,4-5,11H2,1-3H3,(H,21,23)(H,24,25). The lowest BCUT2D eigenvalue weighted by molar-refractivity contribution is -0.139. The maximum Gasteiger partial charge on any atom is 0.326 e. The van der Waals surface area contributed by atoms with Crippen LogP contribution in [-0.4, -0.2) is 32.8 Å². The van der Waals surface area contributed by atoms with E-state index in [1.807, 2.05) is 41.9 Å². The van der Waals surface area contributed by atoms with E-state index in [9.17, 15) is 14.7 Å². The van der Waals surface area contributed by atoms with Gasteiger partial charge >= 0.3 is 5.97 Å². The number of aliphatic carboxylic acids is 1. The van der Waals surface area contributed by atoms with Crippen LogP contribution in [0.15, 0.2) is 36.5 Å². The molecule has 1 unspecified atom stereocenters. The number of rotatable bonds is 8. The largest absolute Gasteiger partial charge is 0.480 e. The molecule has 6 nitrogen and oxygen atoms in total. The molecule has 0 aliphatic rings. The molecule has 0 radical (unpaired) electrons. The molecular formula is C19H25N3O3. The molecule has 1 atom stereocenters. The molecule has 134 valence electrons. The number of benzene rings is 1. The van der Waals surface area contributed by atoms with E-state index in [0.717, 1.165) is 24.1 Å². The van der Waals surface area contributed by atoms with Crippen LogP contribution in [0.4, 0.5) is 0 Å². The van der Waals surface area contributed by atoms with Crippen LogP contribution in [0.5, 0.6) is 0 Å². The summed E-state index contributed by atoms with van der Waals surface area (Å²) in [6, 6.07) is 8.51. The van der Waals surface area contributed by atoms with Crippen LogP contribution in [0.1, 0.15) is 54.3 Å². The van der Waals surface area contributed by atoms with Crippen molar-refractivity contribution in [3.8, 4) is 0 Å². The van der Waals surface area contributed by atoms with Crippen molar-refractivity contribution in [3.05, 3.63) is 53.3 Å². The molecule has 1 amide bonds. The van der Waals surface area contributed by atoms with Crippen molar-refractivity contribution in [2.45, 2.75) is 52.1 Å². The Balaban J connectivity index is 2.15. The molecule has 1 aromatic heterocycles. The smallest absolute Gasteiger partial charge is 0.326 e. The predicted octanol–water partition coefficient (Wildman–Crippen LogP) is 2.98. The van der Waals surface area contributed by atoms with Crippen LogP contribution in [-0.2, 0) is 11.2 Å². The zero-order valence-corrected chi connectivity index (χ0v) is 14.9. The Morgan fingerprint density at radius 1 is 1.20 bits per heavy atom. The molecule has 1 aromatic carbocycles. The third kappa shape index (κ3) is 4.47. The van der Waals surface area contributed by atoms with Crippen molar-refractivity contribution < 1.29 is 14.7 Å². The van der Waals surface area contributed by atoms with Gasteiger partial charge in [0.05, 0.1) is 17.8 Å². The molecule has 0 spiro atoms. The maximum atomic E-state index is 12.6. The van der Waals surface area contributed by atoms with Crippen LogP contribution in [0.25, 0.3) is 0 Å². The van der Waals surface area contributed by atoms with E-state index in [0.29, 0.717) is 5.56 Å². The van der Waals surface area contributed by atoms with Gasteiger partial charge in [0.25, 0.3) is 5.91 Å². The summed E-state index contributed by atoms with van der Waals surface area (Å²) in [7, 11) is 0. The number of nitrogens with one attached hydrogen (secondary N) is 1. The quantitative estimate of drug-likeness (QED) is 0.772. The van der Waals surface area contributed by atoms with Crippen LogP contribution >= 0.6 is 0 Å². The Labute approximate surface area is 147 Å². The van der Waals surface area contributed by atoms with E-state index in [1.54, 1.807) is 0 Å². The molecule has 2 aromatic rings. The fourth-order valence-corrected chi connectivity index (χ4v) is 2.93. The van der Waals surface area contributed by atoms with Gasteiger partial charge in [0.2, 0.25) is 0 Å². The van der Waals surface area contributed by atoms with Crippen molar-refractivity contribution in [3.63, 3.8) is 0 Å². The third-order valence-electron chi connectivity index (χ3n) is 4.46. The minimum absolute atomic E-state index is 0.237. The molecule has 0 saturated heterocycles. The summed E-state index contributed by atoms with van der Waals surface area (Å²) >= 11 is 0. The van der Waals surface area contributed by atoms with Crippen molar-refractivity contribution >= 4 is 11.9 Å². The summed E-state index contributed by atoms with van der Waals surface area (Å²) in [6.45, 7) is 6.00. The van der Waals surface area contributed by atoms with Crippen molar-refractivity contribution in [2.75, 3.05) is 0 Å². The number of amides is 1. The molecule has 0 aliphatic carbocycles. The number of aromatic nitrogens is 2. The minimum Gasteiger partial charge on any atom is -0.480 e. The summed E-state index contributed by atoms with van der Waals surface area (Å²) in [5, 5.41) is 16.4. The molecule has 0 aliphatic heterocycles. The zero-order chi connectivity index (χ0) is 18.4. The van der Waals surface area contributed by atoms with Gasteiger partial charge < -0.3 is 10.4 Å². The number of carboxylic acids is 1. The van der Waals surface area contributed by atoms with Gasteiger partial charge in [-0.3, -0.25) is 9.48 Å². The van der Waals surface area contributed by atoms with E-state index in [-0.39, 0.29) is 12.5 Å². The average Bonchev–Trinajstić information content (AvgIpc) is 2.98. The minimum atomic E-state index is -1.05. The zero-order valence-electron chi connectivity index (χ0n) is 14.9. The number of carboxylic acid groups (broad SMARTS) is 1. The topological polar surface area (TPSA) is 84.2 Å². The summed E-state index contributed by atoms with van der Waals surface area (Å²) in [5.74, 6) is -1.46. The molecule has 2 rings (SSSR count). The van der Waals surface area contributed by atoms with Crippen molar-refractivity contribution in [2.24, 2.45) is 0 Å². The molecule has 1 heterocycles. The van der Waals surface area contributed by atoms with Gasteiger partial charge in [-0.05, 0) is 25.3 Å². The van der Waals surface area contributed by atoms with Crippen molar-refractivity contribution in [1.29, 1.82) is 0 Å². The maximum absolute atomic E-state index is 12.6. The molecule has 6 heteroatoms. The lowest BCUT2D eigenvalue weighted by atomic mass is 10.1. The molecule has 0 saturated carbocycles. The highest BCUT2D eigenvalue weighted by atomic mass is 16.4. The Hall–Kier alpha value is -2.63. The molecule has 25 heavy (non-hydrogen) atoms. The van der Waals surface area contributed by atoms with Crippen molar-refractivity contribution in [1.82, 2.24) is 15.1 Å². The lowest BCUT2D eigenvalue weighted by Gasteiger charge is -2.16. The Bertz CT molecular complexity index is 721. The number of hydrogen-bond donors (Lipinski definition) is 2. The second kappa shape index (κ2) is 8.46. The first-order chi connectivity index (χ1) is 12.0. The highest BCUT2D eigenvalue weighted by Crippen LogP contribution is 2.19. The second-order valence-electron chi connectivity index (χ2n) is 6.11. The lowest BCUT2D eigenvalue weighted by Crippen LogP contribution is -2.42. The SMILES string of the molecule is CCC(CC)n1ncc(C(=O)NC(Cc2ccccc2)C(=O)O)c1C. The fraction of sp³-hybridized carbons (Fsp3) is 0.421. The van der Waals surface area contributed by atoms with E-state index in [1.165, 1.54) is 6.20 Å². The summed E-state index contributed by atoms with van der Waals surface area (Å²) in [4.78, 5) is 24.1. The van der Waals surface area contributed by atoms with E-state index in [2.05, 4.69) is 24.3 Å². The molecular weight excluding hydrogens is 318 g/mol. The van der Waals surface area contributed by atoms with Gasteiger partial charge in [0.15, 0.2) is 0 Å². The Morgan fingerprint density at radius 2 is 1.84 bits per heavy atom. The Morgan fingerprint density at radius 3 is 2.40 bits per heavy atom. The predicted molar refractivity (Wildman–Crippen MR) is 95.6 cm³/mol. The number of nitrogens with zero attached hydrogens (tertiary/aromatic N) is 2. The number of carbonyl (C=O) groups is 2.